The van der Waals surface area contributed by atoms with E-state index in [1.165, 1.54) is 6.20 Å². The maximum absolute atomic E-state index is 12.5. The summed E-state index contributed by atoms with van der Waals surface area (Å²) in [5, 5.41) is 2.82. The summed E-state index contributed by atoms with van der Waals surface area (Å²) in [5.41, 5.74) is 4.07. The van der Waals surface area contributed by atoms with Crippen LogP contribution in [0.3, 0.4) is 0 Å². The highest BCUT2D eigenvalue weighted by Crippen LogP contribution is 2.22. The van der Waals surface area contributed by atoms with Gasteiger partial charge in [-0.15, -0.1) is 0 Å². The lowest BCUT2D eigenvalue weighted by molar-refractivity contribution is 0.102. The lowest BCUT2D eigenvalue weighted by Crippen LogP contribution is -2.24. The summed E-state index contributed by atoms with van der Waals surface area (Å²) in [6.45, 7) is 5.86. The maximum Gasteiger partial charge on any atom is 0.264 e. The zero-order valence-corrected chi connectivity index (χ0v) is 14.4. The van der Waals surface area contributed by atoms with Gasteiger partial charge in [-0.25, -0.2) is 4.98 Å². The first-order chi connectivity index (χ1) is 12.0. The molecule has 0 saturated carbocycles. The van der Waals surface area contributed by atoms with E-state index < -0.39 is 11.5 Å². The largest absolute Gasteiger partial charge is 0.321 e. The Hall–Kier alpha value is -3.21. The molecule has 1 amide bonds. The van der Waals surface area contributed by atoms with E-state index in [2.05, 4.69) is 15.3 Å². The fourth-order valence-electron chi connectivity index (χ4n) is 2.86. The van der Waals surface area contributed by atoms with Gasteiger partial charge in [-0.3, -0.25) is 9.59 Å². The molecular weight excluding hydrogens is 314 g/mol. The number of nitrogens with zero attached hydrogens (tertiary/aromatic N) is 1. The summed E-state index contributed by atoms with van der Waals surface area (Å²) in [6.07, 6.45) is 1.31. The molecule has 5 heteroatoms. The molecule has 0 fully saturated rings. The van der Waals surface area contributed by atoms with E-state index in [9.17, 15) is 9.59 Å². The minimum absolute atomic E-state index is 0.0148. The summed E-state index contributed by atoms with van der Waals surface area (Å²) in [6, 6.07) is 13.3. The molecule has 0 unspecified atom stereocenters. The first kappa shape index (κ1) is 16.6. The maximum atomic E-state index is 12.5. The zero-order valence-electron chi connectivity index (χ0n) is 14.4. The Balaban J connectivity index is 1.90. The Labute approximate surface area is 145 Å². The van der Waals surface area contributed by atoms with E-state index in [0.29, 0.717) is 5.82 Å². The van der Waals surface area contributed by atoms with Gasteiger partial charge < -0.3 is 10.3 Å². The smallest absolute Gasteiger partial charge is 0.264 e. The third kappa shape index (κ3) is 3.50. The van der Waals surface area contributed by atoms with Crippen LogP contribution in [0.15, 0.2) is 53.5 Å². The van der Waals surface area contributed by atoms with Crippen molar-refractivity contribution >= 4 is 11.6 Å². The molecule has 0 aliphatic carbocycles. The van der Waals surface area contributed by atoms with Crippen molar-refractivity contribution < 1.29 is 4.79 Å². The van der Waals surface area contributed by atoms with Gasteiger partial charge in [-0.05, 0) is 31.9 Å². The second-order valence-corrected chi connectivity index (χ2v) is 6.07. The van der Waals surface area contributed by atoms with Gasteiger partial charge in [0.05, 0.1) is 0 Å². The van der Waals surface area contributed by atoms with E-state index in [-0.39, 0.29) is 5.56 Å². The van der Waals surface area contributed by atoms with E-state index in [4.69, 9.17) is 0 Å². The lowest BCUT2D eigenvalue weighted by Gasteiger charge is -2.12. The van der Waals surface area contributed by atoms with Crippen LogP contribution in [0.2, 0.25) is 0 Å². The molecule has 0 atom stereocenters. The number of carbonyl (C=O) groups excluding carboxylic acids is 1. The number of amides is 1. The number of rotatable bonds is 3. The number of anilines is 1. The number of aromatic nitrogens is 2. The molecule has 0 saturated heterocycles. The standard InChI is InChI=1S/C20H19N3O2/c1-12-9-13(2)17(14(3)10-12)22-19(24)16-11-21-18(23-20(16)25)15-7-5-4-6-8-15/h4-11H,1-3H3,(H,22,24)(H,21,23,25). The average Bonchev–Trinajstić information content (AvgIpc) is 2.58. The average molecular weight is 333 g/mol. The van der Waals surface area contributed by atoms with Crippen LogP contribution in [-0.4, -0.2) is 15.9 Å². The van der Waals surface area contributed by atoms with Gasteiger partial charge in [0.15, 0.2) is 0 Å². The number of carbonyl (C=O) groups is 1. The zero-order chi connectivity index (χ0) is 18.0. The van der Waals surface area contributed by atoms with Gasteiger partial charge in [-0.1, -0.05) is 48.0 Å². The molecule has 126 valence electrons. The van der Waals surface area contributed by atoms with Crippen molar-refractivity contribution in [3.63, 3.8) is 0 Å². The van der Waals surface area contributed by atoms with Gasteiger partial charge in [-0.2, -0.15) is 0 Å². The summed E-state index contributed by atoms with van der Waals surface area (Å²) < 4.78 is 0. The third-order valence-corrected chi connectivity index (χ3v) is 4.01. The van der Waals surface area contributed by atoms with Crippen LogP contribution in [0.25, 0.3) is 11.4 Å². The number of hydrogen-bond donors (Lipinski definition) is 2. The summed E-state index contributed by atoms with van der Waals surface area (Å²) >= 11 is 0. The molecule has 2 N–H and O–H groups in total. The second-order valence-electron chi connectivity index (χ2n) is 6.07. The summed E-state index contributed by atoms with van der Waals surface area (Å²) in [4.78, 5) is 31.7. The molecule has 0 radical (unpaired) electrons. The van der Waals surface area contributed by atoms with E-state index >= 15 is 0 Å². The van der Waals surface area contributed by atoms with Gasteiger partial charge in [0.25, 0.3) is 11.5 Å². The number of aryl methyl sites for hydroxylation is 3. The SMILES string of the molecule is Cc1cc(C)c(NC(=O)c2cnc(-c3ccccc3)[nH]c2=O)c(C)c1. The second kappa shape index (κ2) is 6.73. The van der Waals surface area contributed by atoms with E-state index in [1.807, 2.05) is 63.2 Å². The van der Waals surface area contributed by atoms with Crippen molar-refractivity contribution in [1.29, 1.82) is 0 Å². The molecule has 0 bridgehead atoms. The first-order valence-electron chi connectivity index (χ1n) is 7.99. The number of nitrogens with one attached hydrogen (secondary N) is 2. The number of H-pyrrole nitrogens is 1. The molecule has 1 aromatic heterocycles. The topological polar surface area (TPSA) is 74.8 Å². The predicted molar refractivity (Wildman–Crippen MR) is 98.9 cm³/mol. The van der Waals surface area contributed by atoms with E-state index in [0.717, 1.165) is 27.9 Å². The molecule has 0 spiro atoms. The highest BCUT2D eigenvalue weighted by molar-refractivity contribution is 6.04. The van der Waals surface area contributed by atoms with Crippen molar-refractivity contribution in [2.24, 2.45) is 0 Å². The van der Waals surface area contributed by atoms with Gasteiger partial charge >= 0.3 is 0 Å². The Morgan fingerprint density at radius 2 is 1.68 bits per heavy atom. The van der Waals surface area contributed by atoms with Crippen molar-refractivity contribution in [1.82, 2.24) is 9.97 Å². The number of aromatic amines is 1. The summed E-state index contributed by atoms with van der Waals surface area (Å²) in [7, 11) is 0. The molecule has 3 rings (SSSR count). The van der Waals surface area contributed by atoms with E-state index in [1.54, 1.807) is 0 Å². The molecule has 0 aliphatic rings. The molecule has 1 heterocycles. The van der Waals surface area contributed by atoms with Crippen molar-refractivity contribution in [2.45, 2.75) is 20.8 Å². The van der Waals surface area contributed by atoms with Crippen molar-refractivity contribution in [3.8, 4) is 11.4 Å². The van der Waals surface area contributed by atoms with Gasteiger partial charge in [0, 0.05) is 17.4 Å². The van der Waals surface area contributed by atoms with Crippen molar-refractivity contribution in [2.75, 3.05) is 5.32 Å². The highest BCUT2D eigenvalue weighted by Gasteiger charge is 2.15. The Kier molecular flexibility index (Phi) is 4.48. The quantitative estimate of drug-likeness (QED) is 0.769. The van der Waals surface area contributed by atoms with Crippen LogP contribution in [-0.2, 0) is 0 Å². The van der Waals surface area contributed by atoms with Crippen LogP contribution in [0, 0.1) is 20.8 Å². The Morgan fingerprint density at radius 3 is 2.28 bits per heavy atom. The Morgan fingerprint density at radius 1 is 1.04 bits per heavy atom. The number of benzene rings is 2. The molecule has 0 aliphatic heterocycles. The minimum Gasteiger partial charge on any atom is -0.321 e. The predicted octanol–water partition coefficient (Wildman–Crippen LogP) is 3.61. The van der Waals surface area contributed by atoms with Crippen LogP contribution in [0.4, 0.5) is 5.69 Å². The van der Waals surface area contributed by atoms with Crippen molar-refractivity contribution in [3.05, 3.63) is 81.3 Å². The summed E-state index contributed by atoms with van der Waals surface area (Å²) in [5.74, 6) is -0.0340. The van der Waals surface area contributed by atoms with Crippen LogP contribution < -0.4 is 10.9 Å². The third-order valence-electron chi connectivity index (χ3n) is 4.01. The van der Waals surface area contributed by atoms with Crippen LogP contribution in [0.5, 0.6) is 0 Å². The molecule has 3 aromatic rings. The van der Waals surface area contributed by atoms with Crippen LogP contribution in [0.1, 0.15) is 27.0 Å². The van der Waals surface area contributed by atoms with Gasteiger partial charge in [0.1, 0.15) is 11.4 Å². The fraction of sp³-hybridized carbons (Fsp3) is 0.150. The first-order valence-corrected chi connectivity index (χ1v) is 7.99. The monoisotopic (exact) mass is 333 g/mol. The normalized spacial score (nSPS) is 10.5. The molecule has 25 heavy (non-hydrogen) atoms. The Bertz CT molecular complexity index is 968. The molecule has 2 aromatic carbocycles. The van der Waals surface area contributed by atoms with Crippen LogP contribution >= 0.6 is 0 Å². The number of hydrogen-bond acceptors (Lipinski definition) is 3. The van der Waals surface area contributed by atoms with Gasteiger partial charge in [0.2, 0.25) is 0 Å². The minimum atomic E-state index is -0.469. The molecular formula is C20H19N3O2. The highest BCUT2D eigenvalue weighted by atomic mass is 16.2. The fourth-order valence-corrected chi connectivity index (χ4v) is 2.86. The molecule has 5 nitrogen and oxygen atoms in total. The lowest BCUT2D eigenvalue weighted by atomic mass is 10.0.